The van der Waals surface area contributed by atoms with Crippen molar-refractivity contribution in [2.24, 2.45) is 0 Å². The van der Waals surface area contributed by atoms with Crippen molar-refractivity contribution >= 4 is 174 Å². The molecule has 0 spiro atoms. The Morgan fingerprint density at radius 1 is 0.0786 bits per heavy atom. The summed E-state index contributed by atoms with van der Waals surface area (Å²) >= 11 is 0. The largest absolute Gasteiger partial charge is 0.309 e. The van der Waals surface area contributed by atoms with Crippen LogP contribution in [0.5, 0.6) is 0 Å². The molecule has 0 N–H and O–H groups in total. The Bertz CT molecular complexity index is 9860. The summed E-state index contributed by atoms with van der Waals surface area (Å²) in [7, 11) is 0. The van der Waals surface area contributed by atoms with Crippen molar-refractivity contribution in [1.82, 2.24) is 36.5 Å². The van der Waals surface area contributed by atoms with Gasteiger partial charge < -0.3 is 36.5 Å². The zero-order valence-corrected chi connectivity index (χ0v) is 75.9. The predicted octanol–water partition coefficient (Wildman–Crippen LogP) is 34.8. The van der Waals surface area contributed by atoms with Gasteiger partial charge in [0.15, 0.2) is 0 Å². The number of benzene rings is 22. The maximum atomic E-state index is 2.46. The normalized spacial score (nSPS) is 12.1. The van der Waals surface area contributed by atoms with Gasteiger partial charge in [-0.05, 0) is 274 Å². The average Bonchev–Trinajstić information content (AvgIpc) is 1.57. The van der Waals surface area contributed by atoms with Gasteiger partial charge in [-0.3, -0.25) is 0 Å². The van der Waals surface area contributed by atoms with Gasteiger partial charge in [0.1, 0.15) is 0 Å². The van der Waals surface area contributed by atoms with Crippen LogP contribution in [0.4, 0.5) is 0 Å². The second-order valence-corrected chi connectivity index (χ2v) is 37.5. The molecule has 0 saturated heterocycles. The number of nitrogens with zero attached hydrogens (tertiary/aromatic N) is 8. The molecule has 0 radical (unpaired) electrons. The smallest absolute Gasteiger partial charge is 0.0541 e. The van der Waals surface area contributed by atoms with Crippen LogP contribution < -0.4 is 0 Å². The molecular formula is C132H82N8. The van der Waals surface area contributed by atoms with E-state index in [0.29, 0.717) is 0 Å². The summed E-state index contributed by atoms with van der Waals surface area (Å²) in [5.41, 5.74) is 39.3. The fraction of sp³-hybridized carbons (Fsp3) is 0. The van der Waals surface area contributed by atoms with Crippen molar-refractivity contribution in [2.45, 2.75) is 0 Å². The first kappa shape index (κ1) is 77.7. The number of rotatable bonds is 13. The summed E-state index contributed by atoms with van der Waals surface area (Å²) in [4.78, 5) is 0. The molecule has 0 bridgehead atoms. The Morgan fingerprint density at radius 2 is 0.207 bits per heavy atom. The highest BCUT2D eigenvalue weighted by Gasteiger charge is 2.26. The Balaban J connectivity index is 0.463. The van der Waals surface area contributed by atoms with E-state index in [1.807, 2.05) is 0 Å². The van der Waals surface area contributed by atoms with E-state index in [1.54, 1.807) is 0 Å². The second kappa shape index (κ2) is 30.4. The lowest BCUT2D eigenvalue weighted by atomic mass is 10.0. The van der Waals surface area contributed by atoms with Gasteiger partial charge in [0, 0.05) is 132 Å². The van der Waals surface area contributed by atoms with Crippen molar-refractivity contribution in [1.29, 1.82) is 0 Å². The third-order valence-electron chi connectivity index (χ3n) is 30.0. The van der Waals surface area contributed by atoms with Crippen LogP contribution in [0.1, 0.15) is 0 Å². The molecule has 30 rings (SSSR count). The number of fused-ring (bicyclic) bond motifs is 24. The van der Waals surface area contributed by atoms with Crippen LogP contribution in [0.2, 0.25) is 0 Å². The summed E-state index contributed by atoms with van der Waals surface area (Å²) in [6, 6.07) is 185. The molecule has 0 saturated carbocycles. The molecule has 650 valence electrons. The molecule has 0 unspecified atom stereocenters. The van der Waals surface area contributed by atoms with E-state index < -0.39 is 0 Å². The van der Waals surface area contributed by atoms with Crippen LogP contribution in [-0.4, -0.2) is 36.5 Å². The highest BCUT2D eigenvalue weighted by Crippen LogP contribution is 2.48. The molecule has 8 aromatic heterocycles. The Hall–Kier alpha value is -18.8. The molecular weight excluding hydrogens is 1700 g/mol. The standard InChI is InChI=1S/C132H82N8/c1-3-27-83(28-4-1)85-55-63-125-109(71-85)101-39-7-15-47-117(101)133(125)93-31-23-33-95(79-93)135-119-49-17-9-41-103(119)111-73-87(57-65-127(111)135)89-59-67-129-113(75-89)105-43-11-19-51-121(105)137(129)97-35-25-37-99(81-97)139-123-53-21-13-45-107(123)115-77-91(61-69-131(115)139)92-62-70-132-116(78-92)108-46-14-22-54-124(108)140(132)100-38-26-36-98(82-100)138-122-52-20-12-44-106(122)114-76-90(60-68-130(114)138)88-58-66-128-112(74-88)104-42-10-18-50-120(104)136(128)96-34-24-32-94(80-96)134-118-48-16-8-40-102(118)110-72-86(56-64-126(110)134)84-29-5-2-6-30-84/h1-82H. The van der Waals surface area contributed by atoms with Gasteiger partial charge in [0.05, 0.1) is 88.3 Å². The lowest BCUT2D eigenvalue weighted by Gasteiger charge is -2.13. The average molecular weight is 1780 g/mol. The Morgan fingerprint density at radius 3 is 0.364 bits per heavy atom. The fourth-order valence-corrected chi connectivity index (χ4v) is 23.8. The van der Waals surface area contributed by atoms with Gasteiger partial charge in [-0.15, -0.1) is 0 Å². The first-order valence-corrected chi connectivity index (χ1v) is 48.2. The molecule has 8 heteroatoms. The van der Waals surface area contributed by atoms with Crippen molar-refractivity contribution < 1.29 is 0 Å². The van der Waals surface area contributed by atoms with Crippen LogP contribution in [-0.2, 0) is 0 Å². The summed E-state index contributed by atoms with van der Waals surface area (Å²) in [6.45, 7) is 0. The van der Waals surface area contributed by atoms with Crippen molar-refractivity contribution in [3.63, 3.8) is 0 Å². The van der Waals surface area contributed by atoms with Crippen molar-refractivity contribution in [3.05, 3.63) is 497 Å². The molecule has 0 fully saturated rings. The highest BCUT2D eigenvalue weighted by molar-refractivity contribution is 6.19. The van der Waals surface area contributed by atoms with E-state index in [9.17, 15) is 0 Å². The van der Waals surface area contributed by atoms with E-state index in [4.69, 9.17) is 0 Å². The van der Waals surface area contributed by atoms with Crippen LogP contribution in [0.3, 0.4) is 0 Å². The van der Waals surface area contributed by atoms with Crippen molar-refractivity contribution in [3.8, 4) is 101 Å². The third-order valence-corrected chi connectivity index (χ3v) is 30.0. The minimum atomic E-state index is 1.10. The van der Waals surface area contributed by atoms with Gasteiger partial charge in [-0.1, -0.05) is 279 Å². The zero-order valence-electron chi connectivity index (χ0n) is 75.9. The van der Waals surface area contributed by atoms with Crippen LogP contribution >= 0.6 is 0 Å². The topological polar surface area (TPSA) is 39.4 Å². The van der Waals surface area contributed by atoms with E-state index >= 15 is 0 Å². The summed E-state index contributed by atoms with van der Waals surface area (Å²) in [5.74, 6) is 0. The second-order valence-electron chi connectivity index (χ2n) is 37.5. The molecule has 22 aromatic carbocycles. The van der Waals surface area contributed by atoms with Crippen LogP contribution in [0.25, 0.3) is 276 Å². The number of hydrogen-bond acceptors (Lipinski definition) is 0. The number of aromatic nitrogens is 8. The van der Waals surface area contributed by atoms with E-state index in [2.05, 4.69) is 534 Å². The molecule has 0 amide bonds. The summed E-state index contributed by atoms with van der Waals surface area (Å²) in [6.07, 6.45) is 0. The lowest BCUT2D eigenvalue weighted by Crippen LogP contribution is -1.98. The maximum absolute atomic E-state index is 2.46. The minimum Gasteiger partial charge on any atom is -0.309 e. The Labute approximate surface area is 803 Å². The summed E-state index contributed by atoms with van der Waals surface area (Å²) in [5, 5.41) is 19.5. The monoisotopic (exact) mass is 1780 g/mol. The van der Waals surface area contributed by atoms with Crippen LogP contribution in [0.15, 0.2) is 497 Å². The molecule has 0 aliphatic rings. The third kappa shape index (κ3) is 11.7. The first-order valence-electron chi connectivity index (χ1n) is 48.2. The lowest BCUT2D eigenvalue weighted by molar-refractivity contribution is 1.13. The minimum absolute atomic E-state index is 1.10. The zero-order chi connectivity index (χ0) is 91.5. The predicted molar refractivity (Wildman–Crippen MR) is 588 cm³/mol. The van der Waals surface area contributed by atoms with Gasteiger partial charge >= 0.3 is 0 Å². The molecule has 8 heterocycles. The molecule has 8 nitrogen and oxygen atoms in total. The van der Waals surface area contributed by atoms with E-state index in [0.717, 1.165) is 112 Å². The molecule has 140 heavy (non-hydrogen) atoms. The fourth-order valence-electron chi connectivity index (χ4n) is 23.8. The SMILES string of the molecule is c1ccc(-c2ccc3c(c2)c2ccccc2n3-c2cccc(-n3c4ccccc4c4cc(-c5ccc6c(c5)c5ccccc5n6-c5cccc(-n6c7ccccc7c7cc(-c8ccc9c(c8)c8ccccc8n9-c8cccc(-n9c%10ccccc%10c%10cc(-c%11ccc%12c(c%11)c%11ccccc%11n%12-c%11cccc(-n%12c%13ccccc%13c%13cc(-c%14ccccc%14)ccc%13%12)c%11)ccc%109)c8)ccc76)c5)ccc43)c2)cc1. The Kier molecular flexibility index (Phi) is 16.8. The van der Waals surface area contributed by atoms with Crippen molar-refractivity contribution in [2.75, 3.05) is 0 Å². The first-order chi connectivity index (χ1) is 69.4. The molecule has 0 aliphatic carbocycles. The van der Waals surface area contributed by atoms with Crippen LogP contribution in [0, 0.1) is 0 Å². The van der Waals surface area contributed by atoms with Gasteiger partial charge in [-0.2, -0.15) is 0 Å². The number of para-hydroxylation sites is 8. The van der Waals surface area contributed by atoms with E-state index in [-0.39, 0.29) is 0 Å². The maximum Gasteiger partial charge on any atom is 0.0541 e. The summed E-state index contributed by atoms with van der Waals surface area (Å²) < 4.78 is 19.6. The van der Waals surface area contributed by atoms with Gasteiger partial charge in [-0.25, -0.2) is 0 Å². The molecule has 30 aromatic rings. The highest BCUT2D eigenvalue weighted by atomic mass is 15.1. The number of hydrogen-bond donors (Lipinski definition) is 0. The molecule has 0 aliphatic heterocycles. The van der Waals surface area contributed by atoms with Gasteiger partial charge in [0.25, 0.3) is 0 Å². The quantitative estimate of drug-likeness (QED) is 0.110. The van der Waals surface area contributed by atoms with E-state index in [1.165, 1.54) is 164 Å². The molecule has 0 atom stereocenters. The van der Waals surface area contributed by atoms with Gasteiger partial charge in [0.2, 0.25) is 0 Å².